The van der Waals surface area contributed by atoms with Crippen molar-refractivity contribution in [2.45, 2.75) is 29.9 Å². The number of amides is 1. The lowest BCUT2D eigenvalue weighted by molar-refractivity contribution is -0.0462. The van der Waals surface area contributed by atoms with Crippen LogP contribution in [0.2, 0.25) is 0 Å². The Labute approximate surface area is 129 Å². The van der Waals surface area contributed by atoms with E-state index < -0.39 is 11.7 Å². The molecule has 1 N–H and O–H groups in total. The van der Waals surface area contributed by atoms with Crippen molar-refractivity contribution in [1.82, 2.24) is 10.2 Å². The van der Waals surface area contributed by atoms with Gasteiger partial charge in [0.2, 0.25) is 0 Å². The number of morpholine rings is 1. The summed E-state index contributed by atoms with van der Waals surface area (Å²) in [5.74, 6) is -0.954. The van der Waals surface area contributed by atoms with Gasteiger partial charge < -0.3 is 10.1 Å². The fraction of sp³-hybridized carbons (Fsp3) is 0.533. The fourth-order valence-corrected chi connectivity index (χ4v) is 3.20. The number of rotatable bonds is 3. The third kappa shape index (κ3) is 3.39. The first-order valence-electron chi connectivity index (χ1n) is 7.26. The maximum Gasteiger partial charge on any atom is 0.254 e. The molecule has 2 aliphatic rings. The van der Waals surface area contributed by atoms with Gasteiger partial charge in [0, 0.05) is 24.0 Å². The number of carbonyl (C=O) groups excluding carboxylic acids is 1. The van der Waals surface area contributed by atoms with Crippen molar-refractivity contribution >= 4 is 18.5 Å². The number of nitrogens with zero attached hydrogens (tertiary/aromatic N) is 1. The van der Waals surface area contributed by atoms with E-state index in [1.54, 1.807) is 0 Å². The summed E-state index contributed by atoms with van der Waals surface area (Å²) >= 11 is 4.13. The molecule has 2 aliphatic heterocycles. The number of ether oxygens (including phenoxy) is 1. The second-order valence-electron chi connectivity index (χ2n) is 5.62. The zero-order chi connectivity index (χ0) is 14.8. The van der Waals surface area contributed by atoms with E-state index in [1.165, 1.54) is 31.0 Å². The predicted octanol–water partition coefficient (Wildman–Crippen LogP) is 1.71. The number of fused-ring (bicyclic) bond motifs is 1. The van der Waals surface area contributed by atoms with Crippen LogP contribution in [0.15, 0.2) is 23.1 Å². The lowest BCUT2D eigenvalue weighted by Crippen LogP contribution is -2.50. The summed E-state index contributed by atoms with van der Waals surface area (Å²) in [6, 6.07) is 4.75. The van der Waals surface area contributed by atoms with Gasteiger partial charge in [-0.25, -0.2) is 4.39 Å². The van der Waals surface area contributed by atoms with Crippen LogP contribution in [0.4, 0.5) is 4.39 Å². The van der Waals surface area contributed by atoms with Gasteiger partial charge in [0.1, 0.15) is 5.82 Å². The molecule has 114 valence electrons. The van der Waals surface area contributed by atoms with Crippen molar-refractivity contribution in [2.75, 3.05) is 26.2 Å². The summed E-state index contributed by atoms with van der Waals surface area (Å²) in [7, 11) is 0. The van der Waals surface area contributed by atoms with Gasteiger partial charge in [-0.1, -0.05) is 0 Å². The molecule has 2 fully saturated rings. The van der Waals surface area contributed by atoms with E-state index in [2.05, 4.69) is 22.8 Å². The Hall–Kier alpha value is -1.11. The third-order valence-corrected chi connectivity index (χ3v) is 4.42. The molecule has 0 aliphatic carbocycles. The maximum absolute atomic E-state index is 13.6. The largest absolute Gasteiger partial charge is 0.373 e. The van der Waals surface area contributed by atoms with Crippen molar-refractivity contribution in [3.63, 3.8) is 0 Å². The highest BCUT2D eigenvalue weighted by Crippen LogP contribution is 2.22. The van der Waals surface area contributed by atoms with Crippen LogP contribution in [-0.4, -0.2) is 49.2 Å². The molecule has 21 heavy (non-hydrogen) atoms. The van der Waals surface area contributed by atoms with Crippen LogP contribution in [0.1, 0.15) is 23.2 Å². The van der Waals surface area contributed by atoms with Crippen LogP contribution in [-0.2, 0) is 4.74 Å². The number of hydrogen-bond acceptors (Lipinski definition) is 4. The fourth-order valence-electron chi connectivity index (χ4n) is 3.00. The van der Waals surface area contributed by atoms with E-state index in [-0.39, 0.29) is 11.7 Å². The number of halogens is 1. The van der Waals surface area contributed by atoms with Gasteiger partial charge in [-0.15, -0.1) is 12.6 Å². The van der Waals surface area contributed by atoms with Crippen molar-refractivity contribution < 1.29 is 13.9 Å². The van der Waals surface area contributed by atoms with Crippen molar-refractivity contribution in [3.8, 4) is 0 Å². The standard InChI is InChI=1S/C15H19FN2O2S/c16-14-4-3-12(21)6-13(14)15(19)17-7-11-8-18-5-1-2-10(18)9-20-11/h3-4,6,10-11,21H,1-2,5,7-9H2,(H,17,19). The summed E-state index contributed by atoms with van der Waals surface area (Å²) in [4.78, 5) is 15.0. The highest BCUT2D eigenvalue weighted by Gasteiger charge is 2.32. The number of hydrogen-bond donors (Lipinski definition) is 2. The Balaban J connectivity index is 1.55. The Kier molecular flexibility index (Phi) is 4.47. The SMILES string of the molecule is O=C(NCC1CN2CCCC2CO1)c1cc(S)ccc1F. The normalized spacial score (nSPS) is 25.6. The lowest BCUT2D eigenvalue weighted by atomic mass is 10.1. The topological polar surface area (TPSA) is 41.6 Å². The Bertz CT molecular complexity index is 540. The molecule has 4 nitrogen and oxygen atoms in total. The zero-order valence-electron chi connectivity index (χ0n) is 11.7. The molecule has 0 spiro atoms. The van der Waals surface area contributed by atoms with Gasteiger partial charge in [-0.3, -0.25) is 9.69 Å². The first-order chi connectivity index (χ1) is 10.1. The van der Waals surface area contributed by atoms with Crippen molar-refractivity contribution in [3.05, 3.63) is 29.6 Å². The van der Waals surface area contributed by atoms with E-state index in [0.29, 0.717) is 17.5 Å². The maximum atomic E-state index is 13.6. The first-order valence-corrected chi connectivity index (χ1v) is 7.70. The summed E-state index contributed by atoms with van der Waals surface area (Å²) < 4.78 is 19.4. The Morgan fingerprint density at radius 1 is 1.52 bits per heavy atom. The molecule has 3 rings (SSSR count). The Morgan fingerprint density at radius 2 is 2.38 bits per heavy atom. The summed E-state index contributed by atoms with van der Waals surface area (Å²) in [5.41, 5.74) is 0.0253. The Morgan fingerprint density at radius 3 is 3.24 bits per heavy atom. The molecule has 2 saturated heterocycles. The minimum absolute atomic E-state index is 0.0226. The summed E-state index contributed by atoms with van der Waals surface area (Å²) in [6.07, 6.45) is 2.39. The number of nitrogens with one attached hydrogen (secondary N) is 1. The molecule has 2 atom stereocenters. The molecule has 2 unspecified atom stereocenters. The highest BCUT2D eigenvalue weighted by atomic mass is 32.1. The van der Waals surface area contributed by atoms with Gasteiger partial charge in [0.15, 0.2) is 0 Å². The lowest BCUT2D eigenvalue weighted by Gasteiger charge is -2.35. The van der Waals surface area contributed by atoms with Crippen LogP contribution in [0, 0.1) is 5.82 Å². The first kappa shape index (κ1) is 14.8. The van der Waals surface area contributed by atoms with Crippen LogP contribution in [0.3, 0.4) is 0 Å². The minimum atomic E-state index is -0.533. The minimum Gasteiger partial charge on any atom is -0.373 e. The second-order valence-corrected chi connectivity index (χ2v) is 6.14. The average Bonchev–Trinajstić information content (AvgIpc) is 2.94. The van der Waals surface area contributed by atoms with Crippen LogP contribution in [0.25, 0.3) is 0 Å². The second kappa shape index (κ2) is 6.34. The molecular formula is C15H19FN2O2S. The van der Waals surface area contributed by atoms with Crippen molar-refractivity contribution in [1.29, 1.82) is 0 Å². The smallest absolute Gasteiger partial charge is 0.254 e. The number of benzene rings is 1. The molecule has 0 radical (unpaired) electrons. The molecule has 0 bridgehead atoms. The summed E-state index contributed by atoms with van der Waals surface area (Å²) in [5, 5.41) is 2.75. The number of thiol groups is 1. The molecule has 6 heteroatoms. The molecule has 1 amide bonds. The van der Waals surface area contributed by atoms with E-state index in [1.807, 2.05) is 0 Å². The van der Waals surface area contributed by atoms with Crippen LogP contribution >= 0.6 is 12.6 Å². The average molecular weight is 310 g/mol. The van der Waals surface area contributed by atoms with Gasteiger partial charge in [0.05, 0.1) is 18.3 Å². The molecule has 1 aromatic carbocycles. The summed E-state index contributed by atoms with van der Waals surface area (Å²) in [6.45, 7) is 3.06. The monoisotopic (exact) mass is 310 g/mol. The van der Waals surface area contributed by atoms with Gasteiger partial charge in [-0.2, -0.15) is 0 Å². The molecule has 1 aromatic rings. The molecule has 0 saturated carbocycles. The van der Waals surface area contributed by atoms with Crippen LogP contribution < -0.4 is 5.32 Å². The van der Waals surface area contributed by atoms with Crippen molar-refractivity contribution in [2.24, 2.45) is 0 Å². The quantitative estimate of drug-likeness (QED) is 0.835. The van der Waals surface area contributed by atoms with Crippen LogP contribution in [0.5, 0.6) is 0 Å². The van der Waals surface area contributed by atoms with E-state index >= 15 is 0 Å². The molecule has 2 heterocycles. The van der Waals surface area contributed by atoms with Gasteiger partial charge >= 0.3 is 0 Å². The van der Waals surface area contributed by atoms with Gasteiger partial charge in [0.25, 0.3) is 5.91 Å². The zero-order valence-corrected chi connectivity index (χ0v) is 12.6. The highest BCUT2D eigenvalue weighted by molar-refractivity contribution is 7.80. The van der Waals surface area contributed by atoms with E-state index in [4.69, 9.17) is 4.74 Å². The molecular weight excluding hydrogens is 291 g/mol. The van der Waals surface area contributed by atoms with E-state index in [0.717, 1.165) is 19.7 Å². The number of carbonyl (C=O) groups is 1. The van der Waals surface area contributed by atoms with Gasteiger partial charge in [-0.05, 0) is 37.6 Å². The molecule has 0 aromatic heterocycles. The predicted molar refractivity (Wildman–Crippen MR) is 80.3 cm³/mol. The third-order valence-electron chi connectivity index (χ3n) is 4.15. The van der Waals surface area contributed by atoms with E-state index in [9.17, 15) is 9.18 Å².